The highest BCUT2D eigenvalue weighted by molar-refractivity contribution is 7.98. The highest BCUT2D eigenvalue weighted by atomic mass is 32.2. The minimum absolute atomic E-state index is 1.11. The van der Waals surface area contributed by atoms with Crippen LogP contribution in [0.25, 0.3) is 0 Å². The van der Waals surface area contributed by atoms with Gasteiger partial charge in [0.15, 0.2) is 0 Å². The van der Waals surface area contributed by atoms with Gasteiger partial charge in [0, 0.05) is 19.3 Å². The van der Waals surface area contributed by atoms with Crippen LogP contribution in [0, 0.1) is 0 Å². The second kappa shape index (κ2) is 10.3. The van der Waals surface area contributed by atoms with Crippen LogP contribution in [-0.4, -0.2) is 38.7 Å². The Kier molecular flexibility index (Phi) is 8.78. The molecule has 0 amide bonds. The Morgan fingerprint density at radius 2 is 1.78 bits per heavy atom. The molecule has 0 aliphatic heterocycles. The summed E-state index contributed by atoms with van der Waals surface area (Å²) < 4.78 is 0. The van der Waals surface area contributed by atoms with Crippen molar-refractivity contribution in [3.8, 4) is 0 Å². The predicted octanol–water partition coefficient (Wildman–Crippen LogP) is 3.25. The zero-order valence-electron chi connectivity index (χ0n) is 11.7. The Morgan fingerprint density at radius 3 is 2.50 bits per heavy atom. The van der Waals surface area contributed by atoms with Gasteiger partial charge in [0.1, 0.15) is 0 Å². The lowest BCUT2D eigenvalue weighted by molar-refractivity contribution is 0.617. The summed E-state index contributed by atoms with van der Waals surface area (Å²) >= 11 is 1.94. The van der Waals surface area contributed by atoms with E-state index in [-0.39, 0.29) is 0 Å². The molecule has 0 saturated heterocycles. The normalized spacial score (nSPS) is 10.6. The van der Waals surface area contributed by atoms with Gasteiger partial charge in [-0.05, 0) is 56.5 Å². The van der Waals surface area contributed by atoms with Crippen LogP contribution in [0.5, 0.6) is 0 Å². The maximum absolute atomic E-state index is 3.52. The Labute approximate surface area is 116 Å². The highest BCUT2D eigenvalue weighted by Gasteiger charge is 1.98. The van der Waals surface area contributed by atoms with Gasteiger partial charge >= 0.3 is 0 Å². The molecular weight excluding hydrogens is 240 g/mol. The van der Waals surface area contributed by atoms with E-state index in [4.69, 9.17) is 0 Å². The first-order valence-corrected chi connectivity index (χ1v) is 8.20. The van der Waals surface area contributed by atoms with Gasteiger partial charge in [-0.25, -0.2) is 0 Å². The molecule has 0 aromatic heterocycles. The van der Waals surface area contributed by atoms with Gasteiger partial charge in [-0.3, -0.25) is 0 Å². The summed E-state index contributed by atoms with van der Waals surface area (Å²) in [5, 5.41) is 3.52. The number of para-hydroxylation sites is 1. The van der Waals surface area contributed by atoms with Gasteiger partial charge in [-0.15, -0.1) is 0 Å². The SMILES string of the molecule is CSCCCCNCCCN(C)c1ccccc1. The molecule has 0 unspecified atom stereocenters. The molecule has 1 N–H and O–H groups in total. The van der Waals surface area contributed by atoms with Gasteiger partial charge in [0.2, 0.25) is 0 Å². The van der Waals surface area contributed by atoms with Crippen LogP contribution in [0.1, 0.15) is 19.3 Å². The molecule has 3 heteroatoms. The third-order valence-electron chi connectivity index (χ3n) is 3.00. The maximum Gasteiger partial charge on any atom is 0.0363 e. The van der Waals surface area contributed by atoms with Gasteiger partial charge in [0.05, 0.1) is 0 Å². The molecule has 0 saturated carbocycles. The van der Waals surface area contributed by atoms with Gasteiger partial charge < -0.3 is 10.2 Å². The molecule has 102 valence electrons. The van der Waals surface area contributed by atoms with Crippen LogP contribution in [-0.2, 0) is 0 Å². The molecule has 0 aliphatic carbocycles. The largest absolute Gasteiger partial charge is 0.375 e. The van der Waals surface area contributed by atoms with Crippen LogP contribution < -0.4 is 10.2 Å². The minimum Gasteiger partial charge on any atom is -0.375 e. The Morgan fingerprint density at radius 1 is 1.06 bits per heavy atom. The fraction of sp³-hybridized carbons (Fsp3) is 0.600. The summed E-state index contributed by atoms with van der Waals surface area (Å²) in [6.45, 7) is 3.40. The fourth-order valence-electron chi connectivity index (χ4n) is 1.87. The fourth-order valence-corrected chi connectivity index (χ4v) is 2.37. The Bertz CT molecular complexity index is 290. The first kappa shape index (κ1) is 15.4. The van der Waals surface area contributed by atoms with E-state index in [2.05, 4.69) is 53.9 Å². The van der Waals surface area contributed by atoms with E-state index in [9.17, 15) is 0 Å². The third-order valence-corrected chi connectivity index (χ3v) is 3.69. The van der Waals surface area contributed by atoms with Crippen molar-refractivity contribution in [1.82, 2.24) is 5.32 Å². The molecule has 0 spiro atoms. The lowest BCUT2D eigenvalue weighted by Crippen LogP contribution is -2.24. The summed E-state index contributed by atoms with van der Waals surface area (Å²) in [7, 11) is 2.16. The molecule has 0 radical (unpaired) electrons. The van der Waals surface area contributed by atoms with Crippen LogP contribution in [0.2, 0.25) is 0 Å². The van der Waals surface area contributed by atoms with Gasteiger partial charge in [0.25, 0.3) is 0 Å². The number of nitrogens with zero attached hydrogens (tertiary/aromatic N) is 1. The molecular formula is C15H26N2S. The Hall–Kier alpha value is -0.670. The van der Waals surface area contributed by atoms with Crippen molar-refractivity contribution < 1.29 is 0 Å². The maximum atomic E-state index is 3.52. The zero-order chi connectivity index (χ0) is 13.1. The highest BCUT2D eigenvalue weighted by Crippen LogP contribution is 2.10. The van der Waals surface area contributed by atoms with E-state index in [0.29, 0.717) is 0 Å². The first-order chi connectivity index (χ1) is 8.84. The summed E-state index contributed by atoms with van der Waals surface area (Å²) in [6.07, 6.45) is 6.01. The Balaban J connectivity index is 1.98. The molecule has 0 heterocycles. The summed E-state index contributed by atoms with van der Waals surface area (Å²) in [5.74, 6) is 1.29. The number of hydrogen-bond acceptors (Lipinski definition) is 3. The van der Waals surface area contributed by atoms with Crippen molar-refractivity contribution in [2.45, 2.75) is 19.3 Å². The number of rotatable bonds is 10. The standard InChI is InChI=1S/C15H26N2S/c1-17(15-9-4-3-5-10-15)13-8-12-16-11-6-7-14-18-2/h3-5,9-10,16H,6-8,11-14H2,1-2H3. The van der Waals surface area contributed by atoms with E-state index >= 15 is 0 Å². The predicted molar refractivity (Wildman–Crippen MR) is 84.8 cm³/mol. The van der Waals surface area contributed by atoms with E-state index in [1.54, 1.807) is 0 Å². The molecule has 1 aromatic carbocycles. The first-order valence-electron chi connectivity index (χ1n) is 6.80. The van der Waals surface area contributed by atoms with Crippen molar-refractivity contribution in [2.75, 3.05) is 43.6 Å². The molecule has 0 fully saturated rings. The quantitative estimate of drug-likeness (QED) is 0.655. The van der Waals surface area contributed by atoms with E-state index in [1.165, 1.54) is 30.7 Å². The number of anilines is 1. The van der Waals surface area contributed by atoms with Crippen molar-refractivity contribution >= 4 is 17.4 Å². The number of hydrogen-bond donors (Lipinski definition) is 1. The summed E-state index contributed by atoms with van der Waals surface area (Å²) in [4.78, 5) is 2.31. The summed E-state index contributed by atoms with van der Waals surface area (Å²) in [6, 6.07) is 10.6. The van der Waals surface area contributed by atoms with Crippen LogP contribution in [0.15, 0.2) is 30.3 Å². The number of unbranched alkanes of at least 4 members (excludes halogenated alkanes) is 1. The van der Waals surface area contributed by atoms with Gasteiger partial charge in [-0.1, -0.05) is 18.2 Å². The monoisotopic (exact) mass is 266 g/mol. The van der Waals surface area contributed by atoms with Crippen molar-refractivity contribution in [3.63, 3.8) is 0 Å². The van der Waals surface area contributed by atoms with Crippen molar-refractivity contribution in [2.24, 2.45) is 0 Å². The minimum atomic E-state index is 1.11. The average Bonchev–Trinajstić information content (AvgIpc) is 2.42. The van der Waals surface area contributed by atoms with E-state index < -0.39 is 0 Å². The molecule has 0 bridgehead atoms. The van der Waals surface area contributed by atoms with Crippen molar-refractivity contribution in [1.29, 1.82) is 0 Å². The zero-order valence-corrected chi connectivity index (χ0v) is 12.5. The molecule has 0 aliphatic rings. The van der Waals surface area contributed by atoms with Crippen molar-refractivity contribution in [3.05, 3.63) is 30.3 Å². The molecule has 0 atom stereocenters. The van der Waals surface area contributed by atoms with Crippen LogP contribution in [0.3, 0.4) is 0 Å². The molecule has 18 heavy (non-hydrogen) atoms. The van der Waals surface area contributed by atoms with E-state index in [1.807, 2.05) is 11.8 Å². The second-order valence-electron chi connectivity index (χ2n) is 4.56. The smallest absolute Gasteiger partial charge is 0.0363 e. The average molecular weight is 266 g/mol. The number of benzene rings is 1. The molecule has 1 aromatic rings. The molecule has 1 rings (SSSR count). The second-order valence-corrected chi connectivity index (χ2v) is 5.55. The molecule has 2 nitrogen and oxygen atoms in total. The lowest BCUT2D eigenvalue weighted by Gasteiger charge is -2.19. The topological polar surface area (TPSA) is 15.3 Å². The number of nitrogens with one attached hydrogen (secondary N) is 1. The van der Waals surface area contributed by atoms with Crippen LogP contribution in [0.4, 0.5) is 5.69 Å². The third kappa shape index (κ3) is 6.92. The lowest BCUT2D eigenvalue weighted by atomic mass is 10.3. The number of thioether (sulfide) groups is 1. The van der Waals surface area contributed by atoms with Gasteiger partial charge in [-0.2, -0.15) is 11.8 Å². The van der Waals surface area contributed by atoms with E-state index in [0.717, 1.165) is 19.6 Å². The van der Waals surface area contributed by atoms with Crippen LogP contribution >= 0.6 is 11.8 Å². The summed E-state index contributed by atoms with van der Waals surface area (Å²) in [5.41, 5.74) is 1.30.